The van der Waals surface area contributed by atoms with E-state index in [0.717, 1.165) is 16.7 Å². The Morgan fingerprint density at radius 2 is 2.00 bits per heavy atom. The number of carboxylic acid groups (broad SMARTS) is 1. The Balaban J connectivity index is 2.53. The number of rotatable bonds is 5. The molecule has 1 fully saturated rings. The van der Waals surface area contributed by atoms with Gasteiger partial charge in [-0.1, -0.05) is 37.1 Å². The lowest BCUT2D eigenvalue weighted by atomic mass is 9.78. The van der Waals surface area contributed by atoms with E-state index >= 15 is 0 Å². The number of carbonyl (C=O) groups is 2. The molecule has 2 rings (SSSR count). The van der Waals surface area contributed by atoms with Gasteiger partial charge >= 0.3 is 5.97 Å². The topological polar surface area (TPSA) is 54.4 Å². The van der Waals surface area contributed by atoms with Crippen molar-refractivity contribution < 1.29 is 14.7 Å². The van der Waals surface area contributed by atoms with Crippen LogP contribution in [0.15, 0.2) is 35.5 Å². The number of ketones is 1. The van der Waals surface area contributed by atoms with E-state index in [2.05, 4.69) is 12.7 Å². The monoisotopic (exact) mass is 302 g/mol. The zero-order chi connectivity index (χ0) is 16.9. The van der Waals surface area contributed by atoms with Crippen LogP contribution in [-0.2, 0) is 9.59 Å². The molecule has 0 spiro atoms. The minimum atomic E-state index is -0.868. The molecule has 0 heterocycles. The van der Waals surface area contributed by atoms with Crippen LogP contribution in [0.25, 0.3) is 0 Å². The molecular formula is C19H26O3. The Kier molecular flexibility index (Phi) is 3.97. The fourth-order valence-electron chi connectivity index (χ4n) is 4.55. The normalized spacial score (nSPS) is 32.9. The summed E-state index contributed by atoms with van der Waals surface area (Å²) in [6.07, 6.45) is 4.64. The van der Waals surface area contributed by atoms with Crippen molar-refractivity contribution in [3.8, 4) is 0 Å². The first-order valence-electron chi connectivity index (χ1n) is 7.84. The maximum absolute atomic E-state index is 12.3. The van der Waals surface area contributed by atoms with E-state index in [1.54, 1.807) is 6.08 Å². The van der Waals surface area contributed by atoms with E-state index in [1.807, 2.05) is 34.6 Å². The summed E-state index contributed by atoms with van der Waals surface area (Å²) in [4.78, 5) is 24.5. The highest BCUT2D eigenvalue weighted by molar-refractivity contribution is 6.00. The molecule has 1 N–H and O–H groups in total. The quantitative estimate of drug-likeness (QED) is 0.776. The van der Waals surface area contributed by atoms with Gasteiger partial charge in [-0.25, -0.2) is 0 Å². The molecule has 0 aromatic rings. The first-order chi connectivity index (χ1) is 10.1. The van der Waals surface area contributed by atoms with E-state index in [0.29, 0.717) is 12.8 Å². The minimum absolute atomic E-state index is 0.0293. The van der Waals surface area contributed by atoms with Crippen LogP contribution in [0.1, 0.15) is 47.5 Å². The first-order valence-corrected chi connectivity index (χ1v) is 7.84. The molecule has 2 aliphatic rings. The lowest BCUT2D eigenvalue weighted by molar-refractivity contribution is -0.147. The highest BCUT2D eigenvalue weighted by Crippen LogP contribution is 2.75. The van der Waals surface area contributed by atoms with Crippen LogP contribution in [0.5, 0.6) is 0 Å². The van der Waals surface area contributed by atoms with Crippen molar-refractivity contribution in [2.75, 3.05) is 0 Å². The molecule has 1 saturated carbocycles. The van der Waals surface area contributed by atoms with Gasteiger partial charge in [0.05, 0.1) is 5.41 Å². The van der Waals surface area contributed by atoms with Gasteiger partial charge in [-0.3, -0.25) is 9.59 Å². The molecule has 0 aliphatic heterocycles. The van der Waals surface area contributed by atoms with Gasteiger partial charge in [0, 0.05) is 18.3 Å². The Hall–Kier alpha value is -1.64. The summed E-state index contributed by atoms with van der Waals surface area (Å²) in [7, 11) is 0. The van der Waals surface area contributed by atoms with Gasteiger partial charge in [-0.15, -0.1) is 6.58 Å². The molecule has 3 atom stereocenters. The maximum atomic E-state index is 12.3. The number of aliphatic carboxylic acids is 1. The zero-order valence-electron chi connectivity index (χ0n) is 14.2. The molecule has 2 aliphatic carbocycles. The lowest BCUT2D eigenvalue weighted by Gasteiger charge is -2.24. The Labute approximate surface area is 132 Å². The highest BCUT2D eigenvalue weighted by Gasteiger charge is 2.78. The molecule has 0 radical (unpaired) electrons. The van der Waals surface area contributed by atoms with Crippen LogP contribution in [0.2, 0.25) is 0 Å². The van der Waals surface area contributed by atoms with Gasteiger partial charge in [0.2, 0.25) is 0 Å². The second-order valence-corrected chi connectivity index (χ2v) is 7.45. The number of carboxylic acids is 1. The zero-order valence-corrected chi connectivity index (χ0v) is 14.2. The average Bonchev–Trinajstić information content (AvgIpc) is 2.73. The third-order valence-corrected chi connectivity index (χ3v) is 5.73. The van der Waals surface area contributed by atoms with Gasteiger partial charge in [-0.2, -0.15) is 0 Å². The van der Waals surface area contributed by atoms with E-state index in [1.165, 1.54) is 0 Å². The predicted molar refractivity (Wildman–Crippen MR) is 87.4 cm³/mol. The standard InChI is InChI=1S/C19H26O3/c1-7-8-13-12(4)14(10-15(13)20)19(17(21)22)16(9-11(2)3)18(19,5)6/h7,9,14,16H,1,8,10H2,2-6H3,(H,21,22)/t14-,16-,19+/m1/s1. The van der Waals surface area contributed by atoms with Crippen LogP contribution in [0.3, 0.4) is 0 Å². The minimum Gasteiger partial charge on any atom is -0.481 e. The summed E-state index contributed by atoms with van der Waals surface area (Å²) < 4.78 is 0. The fourth-order valence-corrected chi connectivity index (χ4v) is 4.55. The molecule has 120 valence electrons. The van der Waals surface area contributed by atoms with Gasteiger partial charge in [0.1, 0.15) is 0 Å². The number of hydrogen-bond acceptors (Lipinski definition) is 2. The fraction of sp³-hybridized carbons (Fsp3) is 0.579. The molecule has 0 aromatic carbocycles. The number of Topliss-reactive ketones (excluding diaryl/α,β-unsaturated/α-hetero) is 1. The van der Waals surface area contributed by atoms with Gasteiger partial charge < -0.3 is 5.11 Å². The maximum Gasteiger partial charge on any atom is 0.311 e. The van der Waals surface area contributed by atoms with Crippen LogP contribution < -0.4 is 0 Å². The van der Waals surface area contributed by atoms with Crippen molar-refractivity contribution >= 4 is 11.8 Å². The molecule has 3 nitrogen and oxygen atoms in total. The van der Waals surface area contributed by atoms with Gasteiger partial charge in [0.15, 0.2) is 5.78 Å². The Morgan fingerprint density at radius 1 is 1.41 bits per heavy atom. The molecular weight excluding hydrogens is 276 g/mol. The van der Waals surface area contributed by atoms with Crippen molar-refractivity contribution in [3.63, 3.8) is 0 Å². The average molecular weight is 302 g/mol. The van der Waals surface area contributed by atoms with E-state index in [9.17, 15) is 14.7 Å². The van der Waals surface area contributed by atoms with Crippen molar-refractivity contribution in [1.29, 1.82) is 0 Å². The summed E-state index contributed by atoms with van der Waals surface area (Å²) in [5, 5.41) is 10.0. The molecule has 0 bridgehead atoms. The van der Waals surface area contributed by atoms with Crippen molar-refractivity contribution in [2.24, 2.45) is 22.7 Å². The van der Waals surface area contributed by atoms with Gasteiger partial charge in [0.25, 0.3) is 0 Å². The molecule has 0 amide bonds. The summed E-state index contributed by atoms with van der Waals surface area (Å²) in [5.74, 6) is -0.931. The third-order valence-electron chi connectivity index (χ3n) is 5.73. The second kappa shape index (κ2) is 5.22. The Morgan fingerprint density at radius 3 is 2.45 bits per heavy atom. The second-order valence-electron chi connectivity index (χ2n) is 7.45. The molecule has 0 aromatic heterocycles. The summed E-state index contributed by atoms with van der Waals surface area (Å²) >= 11 is 0. The van der Waals surface area contributed by atoms with Crippen LogP contribution in [0, 0.1) is 22.7 Å². The number of hydrogen-bond donors (Lipinski definition) is 1. The highest BCUT2D eigenvalue weighted by atomic mass is 16.4. The third kappa shape index (κ3) is 2.02. The van der Waals surface area contributed by atoms with Gasteiger partial charge in [-0.05, 0) is 38.2 Å². The van der Waals surface area contributed by atoms with Crippen molar-refractivity contribution in [1.82, 2.24) is 0 Å². The molecule has 0 saturated heterocycles. The molecule has 0 unspecified atom stereocenters. The SMILES string of the molecule is C=CCC1=C(C)[C@H]([C@@]2(C(=O)O)[C@H](C=C(C)C)C2(C)C)CC1=O. The van der Waals surface area contributed by atoms with Crippen LogP contribution in [0.4, 0.5) is 0 Å². The molecule has 3 heteroatoms. The first kappa shape index (κ1) is 16.7. The summed E-state index contributed by atoms with van der Waals surface area (Å²) in [5.41, 5.74) is 1.63. The van der Waals surface area contributed by atoms with Crippen LogP contribution in [-0.4, -0.2) is 16.9 Å². The smallest absolute Gasteiger partial charge is 0.311 e. The summed E-state index contributed by atoms with van der Waals surface area (Å²) in [6.45, 7) is 13.6. The number of allylic oxidation sites excluding steroid dienone is 5. The van der Waals surface area contributed by atoms with E-state index < -0.39 is 11.4 Å². The van der Waals surface area contributed by atoms with E-state index in [4.69, 9.17) is 0 Å². The van der Waals surface area contributed by atoms with Crippen molar-refractivity contribution in [3.05, 3.63) is 35.5 Å². The lowest BCUT2D eigenvalue weighted by Crippen LogP contribution is -2.31. The largest absolute Gasteiger partial charge is 0.481 e. The molecule has 22 heavy (non-hydrogen) atoms. The number of carbonyl (C=O) groups excluding carboxylic acids is 1. The Bertz CT molecular complexity index is 602. The van der Waals surface area contributed by atoms with E-state index in [-0.39, 0.29) is 23.0 Å². The van der Waals surface area contributed by atoms with Crippen molar-refractivity contribution in [2.45, 2.75) is 47.5 Å². The van der Waals surface area contributed by atoms with Crippen LogP contribution >= 0.6 is 0 Å². The predicted octanol–water partition coefficient (Wildman–Crippen LogP) is 4.16. The summed E-state index contributed by atoms with van der Waals surface area (Å²) in [6, 6.07) is 0.